The molecule has 0 bridgehead atoms. The molecule has 19 nitrogen and oxygen atoms in total. The van der Waals surface area contributed by atoms with Gasteiger partial charge in [0.15, 0.2) is 0 Å². The van der Waals surface area contributed by atoms with E-state index in [-0.39, 0.29) is 36.7 Å². The normalized spacial score (nSPS) is 14.2. The van der Waals surface area contributed by atoms with Crippen molar-refractivity contribution in [3.63, 3.8) is 0 Å². The zero-order valence-corrected chi connectivity index (χ0v) is 36.1. The van der Waals surface area contributed by atoms with E-state index in [2.05, 4.69) is 46.9 Å². The Morgan fingerprint density at radius 2 is 1.27 bits per heavy atom. The molecule has 0 spiro atoms. The van der Waals surface area contributed by atoms with Crippen LogP contribution in [0.3, 0.4) is 0 Å². The number of nitrogens with one attached hydrogen (secondary N) is 6. The van der Waals surface area contributed by atoms with Crippen molar-refractivity contribution < 1.29 is 47.7 Å². The van der Waals surface area contributed by atoms with Gasteiger partial charge in [-0.3, -0.25) is 19.2 Å². The maximum atomic E-state index is 14.1. The summed E-state index contributed by atoms with van der Waals surface area (Å²) in [7, 11) is 4.04. The van der Waals surface area contributed by atoms with Gasteiger partial charge in [0, 0.05) is 13.0 Å². The van der Waals surface area contributed by atoms with Crippen molar-refractivity contribution in [3.8, 4) is 12.0 Å². The summed E-state index contributed by atoms with van der Waals surface area (Å²) in [5.74, 6) is -3.81. The number of hydrogen-bond acceptors (Lipinski definition) is 14. The van der Waals surface area contributed by atoms with Crippen LogP contribution in [0.5, 0.6) is 12.0 Å². The molecule has 2 unspecified atom stereocenters. The number of benzene rings is 1. The highest BCUT2D eigenvalue weighted by Gasteiger charge is 2.35. The first-order valence-electron chi connectivity index (χ1n) is 19.7. The summed E-state index contributed by atoms with van der Waals surface area (Å²) in [6.45, 7) is 14.0. The highest BCUT2D eigenvalue weighted by molar-refractivity contribution is 5.96. The Morgan fingerprint density at radius 1 is 0.695 bits per heavy atom. The summed E-state index contributed by atoms with van der Waals surface area (Å²) in [5.41, 5.74) is -0.00302. The zero-order chi connectivity index (χ0) is 44.3. The van der Waals surface area contributed by atoms with Crippen molar-refractivity contribution in [2.75, 3.05) is 33.2 Å². The summed E-state index contributed by atoms with van der Waals surface area (Å²) in [6, 6.07) is 3.75. The Balaban J connectivity index is 2.31. The van der Waals surface area contributed by atoms with Crippen LogP contribution in [0.2, 0.25) is 0 Å². The van der Waals surface area contributed by atoms with Crippen LogP contribution >= 0.6 is 0 Å². The fourth-order valence-corrected chi connectivity index (χ4v) is 5.57. The number of carbonyl (C=O) groups is 6. The lowest BCUT2D eigenvalue weighted by atomic mass is 9.96. The maximum Gasteiger partial charge on any atom is 0.408 e. The maximum absolute atomic E-state index is 14.1. The van der Waals surface area contributed by atoms with Crippen molar-refractivity contribution in [2.24, 2.45) is 11.8 Å². The second-order valence-corrected chi connectivity index (χ2v) is 15.4. The summed E-state index contributed by atoms with van der Waals surface area (Å²) >= 11 is 0. The second-order valence-electron chi connectivity index (χ2n) is 15.4. The number of ether oxygens (including phenoxy) is 4. The van der Waals surface area contributed by atoms with Crippen molar-refractivity contribution in [3.05, 3.63) is 35.9 Å². The number of nitrogens with zero attached hydrogens (tertiary/aromatic N) is 3. The summed E-state index contributed by atoms with van der Waals surface area (Å²) in [6.07, 6.45) is 0.870. The molecule has 5 amide bonds. The second kappa shape index (κ2) is 24.2. The Morgan fingerprint density at radius 3 is 1.81 bits per heavy atom. The van der Waals surface area contributed by atoms with E-state index in [0.717, 1.165) is 5.56 Å². The molecule has 59 heavy (non-hydrogen) atoms. The molecule has 0 saturated heterocycles. The lowest BCUT2D eigenvalue weighted by Gasteiger charge is -2.29. The van der Waals surface area contributed by atoms with Gasteiger partial charge in [0.2, 0.25) is 29.6 Å². The number of unbranched alkanes of at least 4 members (excludes halogenated alkanes) is 1. The number of alkyl carbamates (subject to hydrolysis) is 1. The Bertz CT molecular complexity index is 1670. The predicted molar refractivity (Wildman–Crippen MR) is 218 cm³/mol. The molecule has 0 saturated carbocycles. The molecule has 0 radical (unpaired) electrons. The first-order chi connectivity index (χ1) is 27.8. The van der Waals surface area contributed by atoms with Crippen LogP contribution in [0.1, 0.15) is 86.6 Å². The average molecular weight is 830 g/mol. The predicted octanol–water partition coefficient (Wildman–Crippen LogP) is 2.44. The van der Waals surface area contributed by atoms with Crippen LogP contribution in [0.15, 0.2) is 30.3 Å². The van der Waals surface area contributed by atoms with Crippen LogP contribution in [0, 0.1) is 11.8 Å². The molecule has 6 N–H and O–H groups in total. The number of aromatic nitrogens is 3. The van der Waals surface area contributed by atoms with Gasteiger partial charge in [-0.05, 0) is 64.4 Å². The van der Waals surface area contributed by atoms with E-state index in [4.69, 9.17) is 18.9 Å². The standard InChI is InChI=1S/C40H63N9O10/c1-12-24(4)30(46-31(50)25(5)42-39(55)59-40(6,7)8)34(53)43-27(20-16-17-21-41-36-47-37(57-10)49-38(48-36)58-11)32(51)45-29(23(2)3)33(52)44-28(35(54)56-9)22-26-18-14-13-15-19-26/h13-15,18-19,23-25,27-30H,12,16-17,20-22H2,1-11H3,(H,42,55)(H,43,53)(H,44,52)(H,45,51)(H,46,50)(H,41,47,48,49)/t24-,25+,27?,28+,29+,30?/m1/s1. The summed E-state index contributed by atoms with van der Waals surface area (Å²) < 4.78 is 20.4. The minimum atomic E-state index is -1.16. The van der Waals surface area contributed by atoms with Gasteiger partial charge in [0.05, 0.1) is 21.3 Å². The molecule has 0 fully saturated rings. The van der Waals surface area contributed by atoms with Crippen LogP contribution < -0.4 is 41.4 Å². The van der Waals surface area contributed by atoms with Crippen molar-refractivity contribution in [1.29, 1.82) is 0 Å². The number of carbonyl (C=O) groups excluding carboxylic acids is 6. The summed E-state index contributed by atoms with van der Waals surface area (Å²) in [5, 5.41) is 16.6. The van der Waals surface area contributed by atoms with Crippen molar-refractivity contribution in [2.45, 2.75) is 123 Å². The van der Waals surface area contributed by atoms with Crippen molar-refractivity contribution in [1.82, 2.24) is 41.5 Å². The molecule has 19 heteroatoms. The molecule has 328 valence electrons. The van der Waals surface area contributed by atoms with Gasteiger partial charge >= 0.3 is 24.1 Å². The van der Waals surface area contributed by atoms with Crippen LogP contribution in [-0.4, -0.2) is 114 Å². The number of rotatable bonds is 23. The first-order valence-corrected chi connectivity index (χ1v) is 19.7. The smallest absolute Gasteiger partial charge is 0.408 e. The van der Waals surface area contributed by atoms with Gasteiger partial charge in [0.1, 0.15) is 35.8 Å². The highest BCUT2D eigenvalue weighted by Crippen LogP contribution is 2.15. The van der Waals surface area contributed by atoms with Crippen LogP contribution in [0.4, 0.5) is 10.7 Å². The lowest BCUT2D eigenvalue weighted by molar-refractivity contribution is -0.145. The third kappa shape index (κ3) is 17.3. The molecule has 1 aromatic heterocycles. The third-order valence-electron chi connectivity index (χ3n) is 9.05. The molecular weight excluding hydrogens is 766 g/mol. The number of esters is 1. The molecule has 0 aliphatic rings. The molecule has 2 aromatic rings. The third-order valence-corrected chi connectivity index (χ3v) is 9.05. The van der Waals surface area contributed by atoms with Gasteiger partial charge in [-0.2, -0.15) is 9.97 Å². The van der Waals surface area contributed by atoms with Gasteiger partial charge in [0.25, 0.3) is 0 Å². The van der Waals surface area contributed by atoms with Crippen LogP contribution in [-0.2, 0) is 39.9 Å². The minimum Gasteiger partial charge on any atom is -0.467 e. The van der Waals surface area contributed by atoms with E-state index in [1.165, 1.54) is 28.3 Å². The minimum absolute atomic E-state index is 0.0541. The quantitative estimate of drug-likeness (QED) is 0.0696. The van der Waals surface area contributed by atoms with Crippen LogP contribution in [0.25, 0.3) is 0 Å². The van der Waals surface area contributed by atoms with Crippen molar-refractivity contribution >= 4 is 41.6 Å². The topological polar surface area (TPSA) is 250 Å². The largest absolute Gasteiger partial charge is 0.467 e. The lowest BCUT2D eigenvalue weighted by Crippen LogP contribution is -2.60. The molecule has 2 rings (SSSR count). The molecule has 1 aromatic carbocycles. The Hall–Kier alpha value is -5.75. The van der Waals surface area contributed by atoms with E-state index < -0.39 is 77.4 Å². The molecule has 0 aliphatic heterocycles. The first kappa shape index (κ1) is 49.4. The molecular formula is C40H63N9O10. The molecule has 1 heterocycles. The monoisotopic (exact) mass is 829 g/mol. The number of anilines is 1. The van der Waals surface area contributed by atoms with Gasteiger partial charge in [-0.1, -0.05) is 64.4 Å². The van der Waals surface area contributed by atoms with E-state index in [1.807, 2.05) is 37.3 Å². The average Bonchev–Trinajstić information content (AvgIpc) is 3.19. The van der Waals surface area contributed by atoms with Gasteiger partial charge < -0.3 is 50.8 Å². The van der Waals surface area contributed by atoms with E-state index >= 15 is 0 Å². The molecule has 0 aliphatic carbocycles. The Kier molecular flexibility index (Phi) is 20.3. The van der Waals surface area contributed by atoms with Gasteiger partial charge in [-0.15, -0.1) is 4.98 Å². The Labute approximate surface area is 346 Å². The summed E-state index contributed by atoms with van der Waals surface area (Å²) in [4.78, 5) is 92.4. The fourth-order valence-electron chi connectivity index (χ4n) is 5.57. The van der Waals surface area contributed by atoms with E-state index in [0.29, 0.717) is 25.8 Å². The fraction of sp³-hybridized carbons (Fsp3) is 0.625. The highest BCUT2D eigenvalue weighted by atomic mass is 16.6. The SMILES string of the molecule is CC[C@@H](C)C(NC(=O)[C@H](C)NC(=O)OC(C)(C)C)C(=O)NC(CCCCNc1nc(OC)nc(OC)n1)C(=O)N[C@H](C(=O)N[C@@H](Cc1ccccc1)C(=O)OC)C(C)C. The van der Waals surface area contributed by atoms with E-state index in [9.17, 15) is 28.8 Å². The number of hydrogen-bond donors (Lipinski definition) is 6. The number of methoxy groups -OCH3 is 3. The molecule has 6 atom stereocenters. The van der Waals surface area contributed by atoms with Gasteiger partial charge in [-0.25, -0.2) is 9.59 Å². The zero-order valence-electron chi connectivity index (χ0n) is 36.1. The van der Waals surface area contributed by atoms with E-state index in [1.54, 1.807) is 41.5 Å². The number of amides is 5.